The number of nitrogens with zero attached hydrogens (tertiary/aromatic N) is 2. The van der Waals surface area contributed by atoms with Gasteiger partial charge in [0.25, 0.3) is 0 Å². The van der Waals surface area contributed by atoms with Crippen molar-refractivity contribution in [3.63, 3.8) is 0 Å². The average Bonchev–Trinajstić information content (AvgIpc) is 2.87. The molecule has 2 aliphatic heterocycles. The SMILES string of the molecule is [2H]c1c([2H])c(Cl)c(Cl)c(N2CCN(CCCCOc3c([2H])c([2H])c4c(c3[2H])NC(=O)CC4)CC2)c1[2H]. The van der Waals surface area contributed by atoms with Gasteiger partial charge in [0.2, 0.25) is 5.91 Å². The summed E-state index contributed by atoms with van der Waals surface area (Å²) in [6, 6.07) is -0.705. The first-order valence-electron chi connectivity index (χ1n) is 13.1. The molecule has 160 valence electrons. The highest BCUT2D eigenvalue weighted by Crippen LogP contribution is 2.33. The molecular formula is C23H27Cl2N3O2. The molecule has 0 radical (unpaired) electrons. The number of amides is 1. The molecule has 1 fully saturated rings. The van der Waals surface area contributed by atoms with Crippen molar-refractivity contribution in [2.45, 2.75) is 25.7 Å². The van der Waals surface area contributed by atoms with Gasteiger partial charge in [0.15, 0.2) is 0 Å². The van der Waals surface area contributed by atoms with Gasteiger partial charge in [0.1, 0.15) is 5.75 Å². The second-order valence-corrected chi connectivity index (χ2v) is 8.10. The van der Waals surface area contributed by atoms with Gasteiger partial charge in [-0.1, -0.05) is 35.3 Å². The van der Waals surface area contributed by atoms with Gasteiger partial charge >= 0.3 is 0 Å². The van der Waals surface area contributed by atoms with E-state index in [-0.39, 0.29) is 70.1 Å². The van der Waals surface area contributed by atoms with Crippen LogP contribution in [-0.4, -0.2) is 50.1 Å². The molecule has 0 aromatic heterocycles. The van der Waals surface area contributed by atoms with Crippen LogP contribution in [0.1, 0.15) is 33.1 Å². The van der Waals surface area contributed by atoms with Crippen molar-refractivity contribution in [2.24, 2.45) is 0 Å². The van der Waals surface area contributed by atoms with Gasteiger partial charge in [-0.05, 0) is 49.5 Å². The van der Waals surface area contributed by atoms with Crippen LogP contribution >= 0.6 is 23.2 Å². The third kappa shape index (κ3) is 5.20. The zero-order valence-electron chi connectivity index (χ0n) is 22.5. The molecule has 0 atom stereocenters. The summed E-state index contributed by atoms with van der Waals surface area (Å²) in [6.45, 7) is 3.83. The molecule has 2 aromatic carbocycles. The fraction of sp³-hybridized carbons (Fsp3) is 0.435. The molecule has 0 spiro atoms. The van der Waals surface area contributed by atoms with E-state index in [4.69, 9.17) is 36.2 Å². The van der Waals surface area contributed by atoms with E-state index in [1.807, 2.05) is 4.90 Å². The quantitative estimate of drug-likeness (QED) is 0.607. The molecule has 5 nitrogen and oxygen atoms in total. The van der Waals surface area contributed by atoms with Gasteiger partial charge in [-0.25, -0.2) is 0 Å². The summed E-state index contributed by atoms with van der Waals surface area (Å²) in [6.07, 6.45) is 2.13. The Kier molecular flexibility index (Phi) is 4.94. The number of nitrogens with one attached hydrogen (secondary N) is 1. The first-order valence-corrected chi connectivity index (χ1v) is 10.8. The molecule has 1 saturated heterocycles. The minimum absolute atomic E-state index is 0.000569. The third-order valence-electron chi connectivity index (χ3n) is 5.29. The number of piperazine rings is 1. The fourth-order valence-electron chi connectivity index (χ4n) is 3.61. The summed E-state index contributed by atoms with van der Waals surface area (Å²) < 4.78 is 54.5. The Labute approximate surface area is 196 Å². The summed E-state index contributed by atoms with van der Waals surface area (Å²) in [7, 11) is 0. The van der Waals surface area contributed by atoms with Gasteiger partial charge in [0.05, 0.1) is 30.6 Å². The first-order chi connectivity index (χ1) is 17.1. The fourth-order valence-corrected chi connectivity index (χ4v) is 3.96. The van der Waals surface area contributed by atoms with Crippen LogP contribution < -0.4 is 15.0 Å². The lowest BCUT2D eigenvalue weighted by Gasteiger charge is -2.36. The zero-order valence-corrected chi connectivity index (χ0v) is 18.0. The van der Waals surface area contributed by atoms with Crippen molar-refractivity contribution < 1.29 is 17.8 Å². The number of ether oxygens (including phenoxy) is 1. The second-order valence-electron chi connectivity index (χ2n) is 7.34. The molecule has 0 bridgehead atoms. The number of hydrogen-bond acceptors (Lipinski definition) is 4. The number of carbonyl (C=O) groups is 1. The molecule has 0 aliphatic carbocycles. The van der Waals surface area contributed by atoms with Crippen molar-refractivity contribution in [1.82, 2.24) is 4.90 Å². The topological polar surface area (TPSA) is 44.8 Å². The highest BCUT2D eigenvalue weighted by atomic mass is 35.5. The molecule has 30 heavy (non-hydrogen) atoms. The monoisotopic (exact) mass is 453 g/mol. The number of carbonyl (C=O) groups excluding carboxylic acids is 1. The van der Waals surface area contributed by atoms with E-state index < -0.39 is 0 Å². The van der Waals surface area contributed by atoms with E-state index >= 15 is 0 Å². The number of benzene rings is 2. The third-order valence-corrected chi connectivity index (χ3v) is 6.04. The molecule has 1 amide bonds. The molecular weight excluding hydrogens is 421 g/mol. The maximum Gasteiger partial charge on any atom is 0.224 e. The Morgan fingerprint density at radius 3 is 2.73 bits per heavy atom. The molecule has 1 N–H and O–H groups in total. The van der Waals surface area contributed by atoms with Crippen molar-refractivity contribution in [3.8, 4) is 5.75 Å². The number of halogens is 2. The van der Waals surface area contributed by atoms with Crippen LogP contribution in [0.3, 0.4) is 0 Å². The minimum Gasteiger partial charge on any atom is -0.494 e. The van der Waals surface area contributed by atoms with Crippen LogP contribution in [0.2, 0.25) is 10.0 Å². The smallest absolute Gasteiger partial charge is 0.224 e. The largest absolute Gasteiger partial charge is 0.494 e. The molecule has 0 unspecified atom stereocenters. The van der Waals surface area contributed by atoms with Crippen LogP contribution in [0, 0.1) is 0 Å². The van der Waals surface area contributed by atoms with Crippen LogP contribution in [0.15, 0.2) is 36.3 Å². The predicted molar refractivity (Wildman–Crippen MR) is 123 cm³/mol. The predicted octanol–water partition coefficient (Wildman–Crippen LogP) is 4.86. The number of unbranched alkanes of at least 4 members (excludes halogenated alkanes) is 1. The van der Waals surface area contributed by atoms with Crippen molar-refractivity contribution in [2.75, 3.05) is 49.5 Å². The zero-order chi connectivity index (χ0) is 26.1. The highest BCUT2D eigenvalue weighted by molar-refractivity contribution is 6.43. The van der Waals surface area contributed by atoms with E-state index in [0.717, 1.165) is 26.1 Å². The summed E-state index contributed by atoms with van der Waals surface area (Å²) in [5.41, 5.74) is 1.21. The summed E-state index contributed by atoms with van der Waals surface area (Å²) >= 11 is 12.4. The van der Waals surface area contributed by atoms with E-state index in [0.29, 0.717) is 43.8 Å². The lowest BCUT2D eigenvalue weighted by Crippen LogP contribution is -2.46. The van der Waals surface area contributed by atoms with E-state index in [2.05, 4.69) is 10.2 Å². The van der Waals surface area contributed by atoms with Gasteiger partial charge < -0.3 is 15.0 Å². The van der Waals surface area contributed by atoms with Gasteiger partial charge in [-0.3, -0.25) is 9.69 Å². The first kappa shape index (κ1) is 15.0. The Balaban J connectivity index is 1.27. The van der Waals surface area contributed by atoms with Crippen LogP contribution in [0.5, 0.6) is 5.75 Å². The molecule has 7 heteroatoms. The Bertz CT molecular complexity index is 1160. The molecule has 0 saturated carbocycles. The van der Waals surface area contributed by atoms with Gasteiger partial charge in [-0.15, -0.1) is 0 Å². The van der Waals surface area contributed by atoms with Crippen molar-refractivity contribution in [3.05, 3.63) is 51.9 Å². The number of rotatable bonds is 7. The van der Waals surface area contributed by atoms with Crippen LogP contribution in [-0.2, 0) is 11.2 Å². The average molecular weight is 454 g/mol. The van der Waals surface area contributed by atoms with Crippen LogP contribution in [0.4, 0.5) is 11.4 Å². The lowest BCUT2D eigenvalue weighted by atomic mass is 10.0. The van der Waals surface area contributed by atoms with Gasteiger partial charge in [0, 0.05) is 44.3 Å². The second kappa shape index (κ2) is 9.90. The summed E-state index contributed by atoms with van der Waals surface area (Å²) in [4.78, 5) is 15.9. The van der Waals surface area contributed by atoms with Gasteiger partial charge in [-0.2, -0.15) is 0 Å². The van der Waals surface area contributed by atoms with E-state index in [1.165, 1.54) is 0 Å². The minimum atomic E-state index is -0.231. The molecule has 2 aliphatic rings. The Morgan fingerprint density at radius 1 is 1.07 bits per heavy atom. The van der Waals surface area contributed by atoms with E-state index in [1.54, 1.807) is 0 Å². The maximum absolute atomic E-state index is 11.7. The standard InChI is InChI=1S/C23H27Cl2N3O2/c24-19-4-3-5-21(23(19)25)28-13-11-27(12-14-28)10-1-2-15-30-18-8-6-17-7-9-22(29)26-20(17)16-18/h3-6,8,16H,1-2,7,9-15H2,(H,26,29)/i3D,4D,5D,6D,8D,16D. The number of anilines is 2. The Morgan fingerprint density at radius 2 is 1.90 bits per heavy atom. The summed E-state index contributed by atoms with van der Waals surface area (Å²) in [5, 5.41) is 2.79. The van der Waals surface area contributed by atoms with Crippen molar-refractivity contribution in [1.29, 1.82) is 0 Å². The Hall–Kier alpha value is -1.95. The maximum atomic E-state index is 11.7. The van der Waals surface area contributed by atoms with Crippen molar-refractivity contribution >= 4 is 40.5 Å². The molecule has 2 heterocycles. The normalized spacial score (nSPS) is 19.7. The number of fused-ring (bicyclic) bond motifs is 1. The highest BCUT2D eigenvalue weighted by Gasteiger charge is 2.19. The van der Waals surface area contributed by atoms with Crippen LogP contribution in [0.25, 0.3) is 0 Å². The lowest BCUT2D eigenvalue weighted by molar-refractivity contribution is -0.116. The number of hydrogen-bond donors (Lipinski definition) is 1. The van der Waals surface area contributed by atoms with E-state index in [9.17, 15) is 4.79 Å². The molecule has 2 aromatic rings. The molecule has 4 rings (SSSR count). The summed E-state index contributed by atoms with van der Waals surface area (Å²) in [5.74, 6) is -0.166.